The van der Waals surface area contributed by atoms with Gasteiger partial charge in [0.2, 0.25) is 0 Å². The average Bonchev–Trinajstić information content (AvgIpc) is 2.31. The van der Waals surface area contributed by atoms with Gasteiger partial charge in [0, 0.05) is 23.9 Å². The van der Waals surface area contributed by atoms with Gasteiger partial charge in [0.05, 0.1) is 10.6 Å². The molecule has 1 N–H and O–H groups in total. The minimum absolute atomic E-state index is 0.184. The molecule has 1 rings (SSSR count). The van der Waals surface area contributed by atoms with Gasteiger partial charge in [0.1, 0.15) is 0 Å². The molecule has 0 radical (unpaired) electrons. The highest BCUT2D eigenvalue weighted by Gasteiger charge is 2.18. The van der Waals surface area contributed by atoms with Gasteiger partial charge in [-0.1, -0.05) is 20.8 Å². The Hall–Kier alpha value is -1.49. The van der Waals surface area contributed by atoms with Crippen LogP contribution in [0.25, 0.3) is 0 Å². The molecule has 19 heavy (non-hydrogen) atoms. The lowest BCUT2D eigenvalue weighted by Gasteiger charge is -2.16. The van der Waals surface area contributed by atoms with Crippen LogP contribution in [-0.2, 0) is 6.54 Å². The standard InChI is InChI=1S/C14H23N3O2/c1-9(2)10(3)6-15-8-13-12(5)14(17(18)19)11(4)7-16-13/h7,9-10,15H,6,8H2,1-5H3. The maximum absolute atomic E-state index is 11.0. The van der Waals surface area contributed by atoms with Gasteiger partial charge >= 0.3 is 0 Å². The molecule has 0 aromatic carbocycles. The molecule has 0 aliphatic heterocycles. The number of hydrogen-bond donors (Lipinski definition) is 1. The van der Waals surface area contributed by atoms with Gasteiger partial charge in [-0.2, -0.15) is 0 Å². The van der Waals surface area contributed by atoms with E-state index in [2.05, 4.69) is 31.1 Å². The van der Waals surface area contributed by atoms with Crippen molar-refractivity contribution < 1.29 is 4.92 Å². The minimum atomic E-state index is -0.327. The zero-order chi connectivity index (χ0) is 14.6. The van der Waals surface area contributed by atoms with E-state index in [0.29, 0.717) is 29.5 Å². The highest BCUT2D eigenvalue weighted by Crippen LogP contribution is 2.23. The molecule has 0 saturated carbocycles. The van der Waals surface area contributed by atoms with Crippen LogP contribution in [0.2, 0.25) is 0 Å². The van der Waals surface area contributed by atoms with Crippen molar-refractivity contribution >= 4 is 5.69 Å². The van der Waals surface area contributed by atoms with Gasteiger partial charge in [0.25, 0.3) is 5.69 Å². The number of nitrogens with one attached hydrogen (secondary N) is 1. The summed E-state index contributed by atoms with van der Waals surface area (Å²) >= 11 is 0. The smallest absolute Gasteiger partial charge is 0.278 e. The summed E-state index contributed by atoms with van der Waals surface area (Å²) in [5.74, 6) is 1.19. The summed E-state index contributed by atoms with van der Waals surface area (Å²) in [4.78, 5) is 15.0. The third-order valence-corrected chi connectivity index (χ3v) is 3.66. The molecule has 1 heterocycles. The Morgan fingerprint density at radius 2 is 2.00 bits per heavy atom. The van der Waals surface area contributed by atoms with Crippen molar-refractivity contribution in [3.05, 3.63) is 33.1 Å². The highest BCUT2D eigenvalue weighted by molar-refractivity contribution is 5.47. The fourth-order valence-electron chi connectivity index (χ4n) is 1.88. The number of aryl methyl sites for hydroxylation is 1. The van der Waals surface area contributed by atoms with Gasteiger partial charge in [0.15, 0.2) is 0 Å². The van der Waals surface area contributed by atoms with Crippen LogP contribution in [0.4, 0.5) is 5.69 Å². The molecule has 0 bridgehead atoms. The lowest BCUT2D eigenvalue weighted by atomic mass is 9.98. The monoisotopic (exact) mass is 265 g/mol. The first-order valence-corrected chi connectivity index (χ1v) is 6.64. The third-order valence-electron chi connectivity index (χ3n) is 3.66. The van der Waals surface area contributed by atoms with E-state index in [1.807, 2.05) is 0 Å². The number of nitro groups is 1. The Labute approximate surface area is 114 Å². The number of aromatic nitrogens is 1. The number of nitrogens with zero attached hydrogens (tertiary/aromatic N) is 2. The Kier molecular flexibility index (Phi) is 5.42. The average molecular weight is 265 g/mol. The number of rotatable bonds is 6. The molecular weight excluding hydrogens is 242 g/mol. The Bertz CT molecular complexity index is 458. The zero-order valence-electron chi connectivity index (χ0n) is 12.4. The van der Waals surface area contributed by atoms with Crippen LogP contribution in [0.1, 0.15) is 37.6 Å². The van der Waals surface area contributed by atoms with Crippen LogP contribution in [0.3, 0.4) is 0 Å². The van der Waals surface area contributed by atoms with Gasteiger partial charge in [-0.15, -0.1) is 0 Å². The van der Waals surface area contributed by atoms with Crippen molar-refractivity contribution in [1.82, 2.24) is 10.3 Å². The molecule has 0 amide bonds. The molecule has 0 saturated heterocycles. The van der Waals surface area contributed by atoms with Gasteiger partial charge in [-0.25, -0.2) is 0 Å². The van der Waals surface area contributed by atoms with Crippen LogP contribution >= 0.6 is 0 Å². The van der Waals surface area contributed by atoms with E-state index in [-0.39, 0.29) is 10.6 Å². The molecule has 1 aromatic heterocycles. The van der Waals surface area contributed by atoms with Crippen molar-refractivity contribution in [3.8, 4) is 0 Å². The zero-order valence-corrected chi connectivity index (χ0v) is 12.4. The lowest BCUT2D eigenvalue weighted by molar-refractivity contribution is -0.386. The van der Waals surface area contributed by atoms with E-state index >= 15 is 0 Å². The second-order valence-corrected chi connectivity index (χ2v) is 5.47. The van der Waals surface area contributed by atoms with E-state index in [0.717, 1.165) is 12.2 Å². The van der Waals surface area contributed by atoms with Crippen LogP contribution in [0.5, 0.6) is 0 Å². The van der Waals surface area contributed by atoms with Gasteiger partial charge in [-0.05, 0) is 32.2 Å². The molecule has 1 aromatic rings. The van der Waals surface area contributed by atoms with Crippen molar-refractivity contribution in [2.75, 3.05) is 6.54 Å². The summed E-state index contributed by atoms with van der Waals surface area (Å²) < 4.78 is 0. The maximum atomic E-state index is 11.0. The fourth-order valence-corrected chi connectivity index (χ4v) is 1.88. The van der Waals surface area contributed by atoms with E-state index < -0.39 is 0 Å². The molecule has 0 spiro atoms. The second-order valence-electron chi connectivity index (χ2n) is 5.47. The maximum Gasteiger partial charge on any atom is 0.278 e. The molecular formula is C14H23N3O2. The van der Waals surface area contributed by atoms with Crippen LogP contribution in [-0.4, -0.2) is 16.5 Å². The molecule has 0 fully saturated rings. The predicted octanol–water partition coefficient (Wildman–Crippen LogP) is 2.99. The third kappa shape index (κ3) is 3.99. The highest BCUT2D eigenvalue weighted by atomic mass is 16.6. The quantitative estimate of drug-likeness (QED) is 0.634. The molecule has 1 unspecified atom stereocenters. The largest absolute Gasteiger partial charge is 0.311 e. The van der Waals surface area contributed by atoms with E-state index in [9.17, 15) is 10.1 Å². The molecule has 106 valence electrons. The summed E-state index contributed by atoms with van der Waals surface area (Å²) in [7, 11) is 0. The SMILES string of the molecule is Cc1cnc(CNCC(C)C(C)C)c(C)c1[N+](=O)[O-]. The second kappa shape index (κ2) is 6.61. The van der Waals surface area contributed by atoms with Gasteiger partial charge < -0.3 is 5.32 Å². The predicted molar refractivity (Wildman–Crippen MR) is 76.1 cm³/mol. The van der Waals surface area contributed by atoms with E-state index in [1.165, 1.54) is 0 Å². The normalized spacial score (nSPS) is 12.7. The molecule has 1 atom stereocenters. The Morgan fingerprint density at radius 3 is 2.53 bits per heavy atom. The topological polar surface area (TPSA) is 68.1 Å². The lowest BCUT2D eigenvalue weighted by Crippen LogP contribution is -2.24. The summed E-state index contributed by atoms with van der Waals surface area (Å²) in [5.41, 5.74) is 2.22. The summed E-state index contributed by atoms with van der Waals surface area (Å²) in [6.45, 7) is 11.5. The van der Waals surface area contributed by atoms with Crippen LogP contribution < -0.4 is 5.32 Å². The van der Waals surface area contributed by atoms with Crippen molar-refractivity contribution in [2.24, 2.45) is 11.8 Å². The molecule has 0 aliphatic rings. The molecule has 5 heteroatoms. The molecule has 0 aliphatic carbocycles. The van der Waals surface area contributed by atoms with E-state index in [4.69, 9.17) is 0 Å². The summed E-state index contributed by atoms with van der Waals surface area (Å²) in [6.07, 6.45) is 1.58. The van der Waals surface area contributed by atoms with Crippen molar-refractivity contribution in [2.45, 2.75) is 41.2 Å². The molecule has 5 nitrogen and oxygen atoms in total. The minimum Gasteiger partial charge on any atom is -0.311 e. The fraction of sp³-hybridized carbons (Fsp3) is 0.643. The summed E-state index contributed by atoms with van der Waals surface area (Å²) in [6, 6.07) is 0. The van der Waals surface area contributed by atoms with Gasteiger partial charge in [-0.3, -0.25) is 15.1 Å². The number of pyridine rings is 1. The van der Waals surface area contributed by atoms with E-state index in [1.54, 1.807) is 20.0 Å². The first kappa shape index (κ1) is 15.6. The van der Waals surface area contributed by atoms with Crippen molar-refractivity contribution in [3.63, 3.8) is 0 Å². The van der Waals surface area contributed by atoms with Crippen molar-refractivity contribution in [1.29, 1.82) is 0 Å². The Balaban J connectivity index is 2.75. The first-order valence-electron chi connectivity index (χ1n) is 6.64. The van der Waals surface area contributed by atoms with Crippen LogP contribution in [0.15, 0.2) is 6.20 Å². The first-order chi connectivity index (χ1) is 8.84. The number of hydrogen-bond acceptors (Lipinski definition) is 4. The van der Waals surface area contributed by atoms with Crippen LogP contribution in [0, 0.1) is 35.8 Å². The summed E-state index contributed by atoms with van der Waals surface area (Å²) in [5, 5.41) is 14.3. The Morgan fingerprint density at radius 1 is 1.37 bits per heavy atom.